The quantitative estimate of drug-likeness (QED) is 0.865. The molecule has 0 radical (unpaired) electrons. The highest BCUT2D eigenvalue weighted by molar-refractivity contribution is 7.09. The third kappa shape index (κ3) is 4.03. The summed E-state index contributed by atoms with van der Waals surface area (Å²) < 4.78 is 5.54. The van der Waals surface area contributed by atoms with Gasteiger partial charge in [-0.3, -0.25) is 4.90 Å². The Morgan fingerprint density at radius 2 is 2.29 bits per heavy atom. The van der Waals surface area contributed by atoms with Crippen molar-refractivity contribution in [3.63, 3.8) is 0 Å². The Labute approximate surface area is 106 Å². The largest absolute Gasteiger partial charge is 0.394 e. The molecule has 0 amide bonds. The van der Waals surface area contributed by atoms with Crippen molar-refractivity contribution >= 4 is 11.3 Å². The molecule has 0 spiro atoms. The zero-order valence-corrected chi connectivity index (χ0v) is 11.1. The number of hydrogen-bond donors (Lipinski definition) is 1. The van der Waals surface area contributed by atoms with Gasteiger partial charge in [-0.1, -0.05) is 0 Å². The fraction of sp³-hybridized carbons (Fsp3) is 0.750. The molecule has 17 heavy (non-hydrogen) atoms. The smallest absolute Gasteiger partial charge is 0.0897 e. The summed E-state index contributed by atoms with van der Waals surface area (Å²) in [4.78, 5) is 6.91. The molecule has 2 heterocycles. The SMILES string of the molecule is Cc1nc(CN2CCC(OCCO)CC2)cs1. The standard InChI is InChI=1S/C12H20N2O2S/c1-10-13-11(9-17-10)8-14-4-2-12(3-5-14)16-7-6-15/h9,12,15H,2-8H2,1H3. The van der Waals surface area contributed by atoms with Crippen molar-refractivity contribution in [3.8, 4) is 0 Å². The number of aliphatic hydroxyl groups is 1. The van der Waals surface area contributed by atoms with Gasteiger partial charge >= 0.3 is 0 Å². The molecule has 0 aliphatic carbocycles. The second-order valence-corrected chi connectivity index (χ2v) is 5.49. The van der Waals surface area contributed by atoms with Crippen molar-refractivity contribution in [2.45, 2.75) is 32.4 Å². The van der Waals surface area contributed by atoms with Crippen LogP contribution in [0, 0.1) is 6.92 Å². The van der Waals surface area contributed by atoms with Crippen LogP contribution in [0.15, 0.2) is 5.38 Å². The van der Waals surface area contributed by atoms with E-state index < -0.39 is 0 Å². The lowest BCUT2D eigenvalue weighted by Gasteiger charge is -2.31. The van der Waals surface area contributed by atoms with E-state index in [1.807, 2.05) is 6.92 Å². The van der Waals surface area contributed by atoms with E-state index in [4.69, 9.17) is 9.84 Å². The predicted octanol–water partition coefficient (Wildman–Crippen LogP) is 1.42. The van der Waals surface area contributed by atoms with Gasteiger partial charge in [-0.25, -0.2) is 4.98 Å². The topological polar surface area (TPSA) is 45.6 Å². The van der Waals surface area contributed by atoms with Crippen molar-refractivity contribution in [1.82, 2.24) is 9.88 Å². The van der Waals surface area contributed by atoms with E-state index in [1.54, 1.807) is 11.3 Å². The van der Waals surface area contributed by atoms with E-state index in [0.717, 1.165) is 37.5 Å². The molecule has 2 rings (SSSR count). The van der Waals surface area contributed by atoms with E-state index in [1.165, 1.54) is 5.69 Å². The van der Waals surface area contributed by atoms with Crippen LogP contribution < -0.4 is 0 Å². The number of likely N-dealkylation sites (tertiary alicyclic amines) is 1. The minimum atomic E-state index is 0.123. The van der Waals surface area contributed by atoms with Crippen LogP contribution in [0.4, 0.5) is 0 Å². The van der Waals surface area contributed by atoms with Crippen molar-refractivity contribution in [3.05, 3.63) is 16.1 Å². The molecule has 0 saturated carbocycles. The second kappa shape index (κ2) is 6.44. The number of thiazole rings is 1. The molecule has 1 fully saturated rings. The van der Waals surface area contributed by atoms with Crippen LogP contribution in [0.25, 0.3) is 0 Å². The second-order valence-electron chi connectivity index (χ2n) is 4.43. The predicted molar refractivity (Wildman–Crippen MR) is 68.2 cm³/mol. The van der Waals surface area contributed by atoms with Gasteiger partial charge in [0.2, 0.25) is 0 Å². The van der Waals surface area contributed by atoms with Crippen LogP contribution in [-0.2, 0) is 11.3 Å². The molecule has 1 aliphatic heterocycles. The number of nitrogens with zero attached hydrogens (tertiary/aromatic N) is 2. The summed E-state index contributed by atoms with van der Waals surface area (Å²) in [5.41, 5.74) is 1.18. The van der Waals surface area contributed by atoms with Crippen molar-refractivity contribution < 1.29 is 9.84 Å². The Balaban J connectivity index is 1.72. The van der Waals surface area contributed by atoms with Crippen molar-refractivity contribution in [2.24, 2.45) is 0 Å². The number of piperidine rings is 1. The molecule has 0 aromatic carbocycles. The first-order valence-electron chi connectivity index (χ1n) is 6.14. The van der Waals surface area contributed by atoms with Gasteiger partial charge < -0.3 is 9.84 Å². The molecule has 0 bridgehead atoms. The lowest BCUT2D eigenvalue weighted by Crippen LogP contribution is -2.37. The fourth-order valence-electron chi connectivity index (χ4n) is 2.16. The maximum Gasteiger partial charge on any atom is 0.0897 e. The Bertz CT molecular complexity index is 335. The first-order chi connectivity index (χ1) is 8.28. The van der Waals surface area contributed by atoms with Crippen LogP contribution in [0.1, 0.15) is 23.5 Å². The minimum absolute atomic E-state index is 0.123. The third-order valence-corrected chi connectivity index (χ3v) is 3.85. The normalized spacial score (nSPS) is 18.7. The third-order valence-electron chi connectivity index (χ3n) is 3.03. The summed E-state index contributed by atoms with van der Waals surface area (Å²) in [7, 11) is 0. The van der Waals surface area contributed by atoms with Gasteiger partial charge in [-0.05, 0) is 19.8 Å². The summed E-state index contributed by atoms with van der Waals surface area (Å²) in [6, 6.07) is 0. The molecule has 1 aromatic heterocycles. The minimum Gasteiger partial charge on any atom is -0.394 e. The zero-order valence-electron chi connectivity index (χ0n) is 10.3. The van der Waals surface area contributed by atoms with Gasteiger partial charge in [-0.15, -0.1) is 11.3 Å². The van der Waals surface area contributed by atoms with Crippen LogP contribution in [0.5, 0.6) is 0 Å². The van der Waals surface area contributed by atoms with Gasteiger partial charge in [0.05, 0.1) is 30.0 Å². The highest BCUT2D eigenvalue weighted by atomic mass is 32.1. The Kier molecular flexibility index (Phi) is 4.91. The van der Waals surface area contributed by atoms with Gasteiger partial charge in [0.1, 0.15) is 0 Å². The Hall–Kier alpha value is -0.490. The van der Waals surface area contributed by atoms with E-state index >= 15 is 0 Å². The Morgan fingerprint density at radius 3 is 2.88 bits per heavy atom. The van der Waals surface area contributed by atoms with Crippen LogP contribution in [0.3, 0.4) is 0 Å². The van der Waals surface area contributed by atoms with Gasteiger partial charge in [0, 0.05) is 25.0 Å². The van der Waals surface area contributed by atoms with E-state index in [2.05, 4.69) is 15.3 Å². The molecule has 0 atom stereocenters. The molecule has 0 unspecified atom stereocenters. The molecular formula is C12H20N2O2S. The van der Waals surface area contributed by atoms with Crippen LogP contribution in [0.2, 0.25) is 0 Å². The molecule has 5 heteroatoms. The lowest BCUT2D eigenvalue weighted by molar-refractivity contribution is -0.00916. The van der Waals surface area contributed by atoms with Crippen LogP contribution >= 0.6 is 11.3 Å². The van der Waals surface area contributed by atoms with E-state index in [9.17, 15) is 0 Å². The van der Waals surface area contributed by atoms with Crippen molar-refractivity contribution in [1.29, 1.82) is 0 Å². The number of hydrogen-bond acceptors (Lipinski definition) is 5. The van der Waals surface area contributed by atoms with E-state index in [0.29, 0.717) is 12.7 Å². The highest BCUT2D eigenvalue weighted by Crippen LogP contribution is 2.17. The summed E-state index contributed by atoms with van der Waals surface area (Å²) >= 11 is 1.71. The molecule has 1 N–H and O–H groups in total. The maximum atomic E-state index is 8.70. The average Bonchev–Trinajstić information content (AvgIpc) is 2.74. The number of ether oxygens (including phenoxy) is 1. The maximum absolute atomic E-state index is 8.70. The van der Waals surface area contributed by atoms with Crippen molar-refractivity contribution in [2.75, 3.05) is 26.3 Å². The molecule has 4 nitrogen and oxygen atoms in total. The summed E-state index contributed by atoms with van der Waals surface area (Å²) in [5, 5.41) is 12.0. The number of rotatable bonds is 5. The highest BCUT2D eigenvalue weighted by Gasteiger charge is 2.19. The molecule has 1 saturated heterocycles. The molecule has 1 aromatic rings. The molecule has 96 valence electrons. The number of aliphatic hydroxyl groups excluding tert-OH is 1. The molecule has 1 aliphatic rings. The number of aryl methyl sites for hydroxylation is 1. The summed E-state index contributed by atoms with van der Waals surface area (Å²) in [6.07, 6.45) is 2.45. The average molecular weight is 256 g/mol. The van der Waals surface area contributed by atoms with Gasteiger partial charge in [-0.2, -0.15) is 0 Å². The Morgan fingerprint density at radius 1 is 1.53 bits per heavy atom. The summed E-state index contributed by atoms with van der Waals surface area (Å²) in [6.45, 7) is 5.72. The monoisotopic (exact) mass is 256 g/mol. The first-order valence-corrected chi connectivity index (χ1v) is 7.01. The fourth-order valence-corrected chi connectivity index (χ4v) is 2.77. The van der Waals surface area contributed by atoms with Crippen LogP contribution in [-0.4, -0.2) is 47.4 Å². The lowest BCUT2D eigenvalue weighted by atomic mass is 10.1. The number of aromatic nitrogens is 1. The first kappa shape index (κ1) is 13.0. The van der Waals surface area contributed by atoms with Gasteiger partial charge in [0.25, 0.3) is 0 Å². The summed E-state index contributed by atoms with van der Waals surface area (Å²) in [5.74, 6) is 0. The van der Waals surface area contributed by atoms with E-state index in [-0.39, 0.29) is 6.61 Å². The molecular weight excluding hydrogens is 236 g/mol. The zero-order chi connectivity index (χ0) is 12.1. The van der Waals surface area contributed by atoms with Gasteiger partial charge in [0.15, 0.2) is 0 Å².